The van der Waals surface area contributed by atoms with Crippen LogP contribution in [0.3, 0.4) is 0 Å². The van der Waals surface area contributed by atoms with Crippen molar-refractivity contribution in [3.8, 4) is 22.6 Å². The number of ether oxygens (including phenoxy) is 2. The number of aliphatic hydroxyl groups is 1. The molecule has 3 rings (SSSR count). The summed E-state index contributed by atoms with van der Waals surface area (Å²) in [6.45, 7) is 1.90. The fourth-order valence-electron chi connectivity index (χ4n) is 3.04. The average molecular weight is 394 g/mol. The summed E-state index contributed by atoms with van der Waals surface area (Å²) in [6, 6.07) is 18.1. The Morgan fingerprint density at radius 1 is 0.929 bits per heavy atom. The van der Waals surface area contributed by atoms with Crippen LogP contribution in [0.15, 0.2) is 65.6 Å². The molecule has 4 nitrogen and oxygen atoms in total. The second-order valence-electron chi connectivity index (χ2n) is 6.46. The van der Waals surface area contributed by atoms with E-state index in [1.54, 1.807) is 38.5 Å². The van der Waals surface area contributed by atoms with Crippen LogP contribution in [0.25, 0.3) is 11.1 Å². The van der Waals surface area contributed by atoms with Gasteiger partial charge in [-0.3, -0.25) is 4.79 Å². The quantitative estimate of drug-likeness (QED) is 0.462. The normalized spacial score (nSPS) is 11.8. The van der Waals surface area contributed by atoms with Crippen molar-refractivity contribution in [3.05, 3.63) is 77.4 Å². The molecule has 0 amide bonds. The smallest absolute Gasteiger partial charge is 0.195 e. The predicted molar refractivity (Wildman–Crippen MR) is 113 cm³/mol. The van der Waals surface area contributed by atoms with Gasteiger partial charge in [-0.25, -0.2) is 0 Å². The van der Waals surface area contributed by atoms with Gasteiger partial charge in [-0.05, 0) is 53.9 Å². The Morgan fingerprint density at radius 2 is 1.61 bits per heavy atom. The lowest BCUT2D eigenvalue weighted by molar-refractivity contribution is 0.0747. The summed E-state index contributed by atoms with van der Waals surface area (Å²) in [6.07, 6.45) is -1.28. The number of thiol groups is 1. The molecule has 3 aromatic carbocycles. The Bertz CT molecular complexity index is 996. The second kappa shape index (κ2) is 8.50. The van der Waals surface area contributed by atoms with E-state index in [2.05, 4.69) is 12.6 Å². The van der Waals surface area contributed by atoms with Gasteiger partial charge in [0.25, 0.3) is 0 Å². The number of methoxy groups -OCH3 is 2. The third-order valence-corrected chi connectivity index (χ3v) is 4.96. The minimum Gasteiger partial charge on any atom is -0.496 e. The molecular formula is C23H22O4S. The summed E-state index contributed by atoms with van der Waals surface area (Å²) in [7, 11) is 3.12. The van der Waals surface area contributed by atoms with Crippen molar-refractivity contribution < 1.29 is 19.4 Å². The van der Waals surface area contributed by atoms with Crippen molar-refractivity contribution in [2.75, 3.05) is 14.2 Å². The van der Waals surface area contributed by atoms with Crippen LogP contribution in [-0.2, 0) is 0 Å². The molecule has 1 N–H and O–H groups in total. The predicted octanol–water partition coefficient (Wildman–Crippen LogP) is 4.88. The maximum atomic E-state index is 12.8. The van der Waals surface area contributed by atoms with Gasteiger partial charge in [0.05, 0.1) is 14.2 Å². The van der Waals surface area contributed by atoms with Gasteiger partial charge in [-0.1, -0.05) is 30.3 Å². The molecule has 5 heteroatoms. The van der Waals surface area contributed by atoms with Crippen molar-refractivity contribution in [2.45, 2.75) is 17.9 Å². The Morgan fingerprint density at radius 3 is 2.25 bits per heavy atom. The Balaban J connectivity index is 1.92. The highest BCUT2D eigenvalue weighted by atomic mass is 32.1. The van der Waals surface area contributed by atoms with E-state index in [1.165, 1.54) is 0 Å². The van der Waals surface area contributed by atoms with Crippen molar-refractivity contribution in [2.24, 2.45) is 0 Å². The SMILES string of the molecule is COc1cc(C(O)C(=O)c2ccc(-c3ccc(S)cc3)c(OC)c2)ccc1C. The Labute approximate surface area is 170 Å². The fraction of sp³-hybridized carbons (Fsp3) is 0.174. The third-order valence-electron chi connectivity index (χ3n) is 4.66. The first kappa shape index (κ1) is 20.0. The van der Waals surface area contributed by atoms with Crippen LogP contribution in [0.4, 0.5) is 0 Å². The Kier molecular flexibility index (Phi) is 6.07. The number of Topliss-reactive ketones (excluding diaryl/α,β-unsaturated/α-hetero) is 1. The number of aryl methyl sites for hydroxylation is 1. The average Bonchev–Trinajstić information content (AvgIpc) is 2.73. The van der Waals surface area contributed by atoms with E-state index in [1.807, 2.05) is 43.3 Å². The van der Waals surface area contributed by atoms with E-state index in [-0.39, 0.29) is 0 Å². The van der Waals surface area contributed by atoms with E-state index in [9.17, 15) is 9.90 Å². The molecule has 0 aliphatic heterocycles. The highest BCUT2D eigenvalue weighted by Gasteiger charge is 2.21. The van der Waals surface area contributed by atoms with Gasteiger partial charge in [-0.2, -0.15) is 0 Å². The molecule has 0 aliphatic carbocycles. The summed E-state index contributed by atoms with van der Waals surface area (Å²) in [5.74, 6) is 0.790. The van der Waals surface area contributed by atoms with Gasteiger partial charge >= 0.3 is 0 Å². The molecule has 0 saturated heterocycles. The summed E-state index contributed by atoms with van der Waals surface area (Å²) in [4.78, 5) is 13.7. The third kappa shape index (κ3) is 4.06. The summed E-state index contributed by atoms with van der Waals surface area (Å²) >= 11 is 4.30. The van der Waals surface area contributed by atoms with Gasteiger partial charge in [0.2, 0.25) is 0 Å². The lowest BCUT2D eigenvalue weighted by Gasteiger charge is -2.15. The number of ketones is 1. The first-order valence-electron chi connectivity index (χ1n) is 8.79. The Hall–Kier alpha value is -2.76. The maximum absolute atomic E-state index is 12.8. The highest BCUT2D eigenvalue weighted by molar-refractivity contribution is 7.80. The molecule has 0 bridgehead atoms. The summed E-state index contributed by atoms with van der Waals surface area (Å²) < 4.78 is 10.8. The van der Waals surface area contributed by atoms with Crippen molar-refractivity contribution in [1.82, 2.24) is 0 Å². The molecule has 0 saturated carbocycles. The lowest BCUT2D eigenvalue weighted by atomic mass is 9.96. The molecule has 1 unspecified atom stereocenters. The highest BCUT2D eigenvalue weighted by Crippen LogP contribution is 2.33. The number of carbonyl (C=O) groups excluding carboxylic acids is 1. The monoisotopic (exact) mass is 394 g/mol. The topological polar surface area (TPSA) is 55.8 Å². The van der Waals surface area contributed by atoms with E-state index in [0.717, 1.165) is 21.6 Å². The molecule has 0 spiro atoms. The van der Waals surface area contributed by atoms with Crippen LogP contribution >= 0.6 is 12.6 Å². The second-order valence-corrected chi connectivity index (χ2v) is 6.97. The van der Waals surface area contributed by atoms with Gasteiger partial charge in [0, 0.05) is 16.0 Å². The molecule has 0 aromatic heterocycles. The van der Waals surface area contributed by atoms with Gasteiger partial charge in [-0.15, -0.1) is 12.6 Å². The van der Waals surface area contributed by atoms with Crippen molar-refractivity contribution >= 4 is 18.4 Å². The van der Waals surface area contributed by atoms with Gasteiger partial charge in [0.1, 0.15) is 17.6 Å². The number of hydrogen-bond donors (Lipinski definition) is 2. The molecular weight excluding hydrogens is 372 g/mol. The molecule has 144 valence electrons. The van der Waals surface area contributed by atoms with Crippen LogP contribution in [0.2, 0.25) is 0 Å². The number of benzene rings is 3. The molecule has 1 atom stereocenters. The molecule has 0 heterocycles. The van der Waals surface area contributed by atoms with Crippen molar-refractivity contribution in [1.29, 1.82) is 0 Å². The first-order valence-corrected chi connectivity index (χ1v) is 9.23. The lowest BCUT2D eigenvalue weighted by Crippen LogP contribution is -2.13. The summed E-state index contributed by atoms with van der Waals surface area (Å²) in [5, 5.41) is 10.6. The minimum absolute atomic E-state index is 0.374. The van der Waals surface area contributed by atoms with Gasteiger partial charge in [0.15, 0.2) is 5.78 Å². The van der Waals surface area contributed by atoms with E-state index in [4.69, 9.17) is 9.47 Å². The fourth-order valence-corrected chi connectivity index (χ4v) is 3.19. The largest absolute Gasteiger partial charge is 0.496 e. The van der Waals surface area contributed by atoms with Crippen LogP contribution in [0.1, 0.15) is 27.6 Å². The minimum atomic E-state index is -1.28. The molecule has 0 radical (unpaired) electrons. The van der Waals surface area contributed by atoms with Crippen LogP contribution < -0.4 is 9.47 Å². The van der Waals surface area contributed by atoms with Crippen LogP contribution in [0, 0.1) is 6.92 Å². The van der Waals surface area contributed by atoms with E-state index < -0.39 is 11.9 Å². The zero-order valence-electron chi connectivity index (χ0n) is 16.0. The molecule has 0 fully saturated rings. The maximum Gasteiger partial charge on any atom is 0.195 e. The number of carbonyl (C=O) groups is 1. The molecule has 28 heavy (non-hydrogen) atoms. The first-order chi connectivity index (χ1) is 13.4. The molecule has 0 aliphatic rings. The van der Waals surface area contributed by atoms with Crippen LogP contribution in [0.5, 0.6) is 11.5 Å². The summed E-state index contributed by atoms with van der Waals surface area (Å²) in [5.41, 5.74) is 3.61. The van der Waals surface area contributed by atoms with Crippen molar-refractivity contribution in [3.63, 3.8) is 0 Å². The zero-order chi connectivity index (χ0) is 20.3. The zero-order valence-corrected chi connectivity index (χ0v) is 16.9. The number of rotatable bonds is 6. The van der Waals surface area contributed by atoms with Crippen LogP contribution in [-0.4, -0.2) is 25.1 Å². The van der Waals surface area contributed by atoms with Gasteiger partial charge < -0.3 is 14.6 Å². The number of aliphatic hydroxyl groups excluding tert-OH is 1. The number of hydrogen-bond acceptors (Lipinski definition) is 5. The standard InChI is InChI=1S/C23H22O4S/c1-14-4-5-16(12-20(14)26-2)22(24)23(25)17-8-11-19(21(13-17)27-3)15-6-9-18(28)10-7-15/h4-13,22,24,28H,1-3H3. The molecule has 3 aromatic rings. The van der Waals surface area contributed by atoms with E-state index >= 15 is 0 Å². The van der Waals surface area contributed by atoms with E-state index in [0.29, 0.717) is 22.6 Å².